The van der Waals surface area contributed by atoms with E-state index in [0.29, 0.717) is 40.2 Å². The molecule has 0 aliphatic rings. The largest absolute Gasteiger partial charge is 0.488 e. The second kappa shape index (κ2) is 5.40. The smallest absolute Gasteiger partial charge is 0.257 e. The van der Waals surface area contributed by atoms with Crippen LogP contribution in [0.4, 0.5) is 0 Å². The van der Waals surface area contributed by atoms with E-state index in [1.54, 1.807) is 25.4 Å². The first-order valence-electron chi connectivity index (χ1n) is 5.74. The van der Waals surface area contributed by atoms with Crippen molar-refractivity contribution in [2.45, 2.75) is 13.8 Å². The molecule has 2 aromatic rings. The highest BCUT2D eigenvalue weighted by molar-refractivity contribution is 6.34. The van der Waals surface area contributed by atoms with Gasteiger partial charge in [-0.2, -0.15) is 0 Å². The first-order valence-corrected chi connectivity index (χ1v) is 6.11. The fraction of sp³-hybridized carbons (Fsp3) is 0.385. The van der Waals surface area contributed by atoms with Crippen molar-refractivity contribution in [3.05, 3.63) is 23.4 Å². The topological polar surface area (TPSA) is 44.2 Å². The Morgan fingerprint density at radius 2 is 2.17 bits per heavy atom. The summed E-state index contributed by atoms with van der Waals surface area (Å²) in [6, 6.07) is 3.50. The highest BCUT2D eigenvalue weighted by Gasteiger charge is 2.12. The molecule has 0 aliphatic carbocycles. The van der Waals surface area contributed by atoms with Gasteiger partial charge in [0, 0.05) is 12.3 Å². The number of nitrogens with zero attached hydrogens (tertiary/aromatic N) is 2. The molecule has 18 heavy (non-hydrogen) atoms. The summed E-state index contributed by atoms with van der Waals surface area (Å²) < 4.78 is 10.9. The van der Waals surface area contributed by atoms with Crippen LogP contribution in [0.2, 0.25) is 5.02 Å². The van der Waals surface area contributed by atoms with Gasteiger partial charge in [-0.05, 0) is 12.0 Å². The van der Waals surface area contributed by atoms with Gasteiger partial charge in [-0.3, -0.25) is 4.98 Å². The van der Waals surface area contributed by atoms with Crippen LogP contribution in [0.3, 0.4) is 0 Å². The first kappa shape index (κ1) is 12.9. The number of aromatic nitrogens is 2. The fourth-order valence-corrected chi connectivity index (χ4v) is 1.71. The predicted octanol–water partition coefficient (Wildman–Crippen LogP) is 3.33. The third-order valence-corrected chi connectivity index (χ3v) is 2.67. The van der Waals surface area contributed by atoms with E-state index in [0.717, 1.165) is 0 Å². The molecule has 4 nitrogen and oxygen atoms in total. The minimum absolute atomic E-state index is 0.428. The van der Waals surface area contributed by atoms with Gasteiger partial charge in [0.2, 0.25) is 0 Å². The summed E-state index contributed by atoms with van der Waals surface area (Å²) in [5, 5.41) is 0.550. The van der Waals surface area contributed by atoms with Crippen LogP contribution in [-0.4, -0.2) is 23.7 Å². The number of rotatable bonds is 4. The van der Waals surface area contributed by atoms with Crippen LogP contribution in [0.5, 0.6) is 11.6 Å². The summed E-state index contributed by atoms with van der Waals surface area (Å²) in [6.45, 7) is 4.76. The zero-order valence-electron chi connectivity index (χ0n) is 10.6. The molecule has 0 unspecified atom stereocenters. The molecule has 0 radical (unpaired) electrons. The molecule has 0 amide bonds. The Hall–Kier alpha value is -1.55. The fourth-order valence-electron chi connectivity index (χ4n) is 1.51. The van der Waals surface area contributed by atoms with Crippen molar-refractivity contribution in [1.82, 2.24) is 9.97 Å². The Labute approximate surface area is 111 Å². The molecular formula is C13H15ClN2O2. The standard InChI is InChI=1S/C13H15ClN2O2/c1-8(2)7-18-11-6-10-12(16-13(11)17-3)9(14)4-5-15-10/h4-6,8H,7H2,1-3H3. The average molecular weight is 267 g/mol. The molecule has 0 fully saturated rings. The number of hydrogen-bond acceptors (Lipinski definition) is 4. The number of ether oxygens (including phenoxy) is 2. The van der Waals surface area contributed by atoms with Gasteiger partial charge in [-0.15, -0.1) is 0 Å². The summed E-state index contributed by atoms with van der Waals surface area (Å²) in [5.41, 5.74) is 1.31. The molecular weight excluding hydrogens is 252 g/mol. The zero-order chi connectivity index (χ0) is 13.1. The summed E-state index contributed by atoms with van der Waals surface area (Å²) in [4.78, 5) is 8.55. The highest BCUT2D eigenvalue weighted by atomic mass is 35.5. The molecule has 0 N–H and O–H groups in total. The Bertz CT molecular complexity index is 558. The molecule has 0 atom stereocenters. The van der Waals surface area contributed by atoms with Crippen molar-refractivity contribution in [2.24, 2.45) is 5.92 Å². The second-order valence-corrected chi connectivity index (χ2v) is 4.77. The van der Waals surface area contributed by atoms with Crippen LogP contribution in [0.25, 0.3) is 11.0 Å². The van der Waals surface area contributed by atoms with Gasteiger partial charge >= 0.3 is 0 Å². The van der Waals surface area contributed by atoms with Crippen LogP contribution in [0, 0.1) is 5.92 Å². The summed E-state index contributed by atoms with van der Waals surface area (Å²) in [7, 11) is 1.56. The molecule has 2 heterocycles. The van der Waals surface area contributed by atoms with Gasteiger partial charge in [0.05, 0.1) is 24.3 Å². The van der Waals surface area contributed by atoms with E-state index in [-0.39, 0.29) is 0 Å². The molecule has 2 aromatic heterocycles. The third-order valence-electron chi connectivity index (χ3n) is 2.36. The SMILES string of the molecule is COc1nc2c(Cl)ccnc2cc1OCC(C)C. The second-order valence-electron chi connectivity index (χ2n) is 4.36. The molecule has 0 bridgehead atoms. The van der Waals surface area contributed by atoms with Gasteiger partial charge in [-0.25, -0.2) is 4.98 Å². The summed E-state index contributed by atoms with van der Waals surface area (Å²) in [6.07, 6.45) is 1.64. The minimum Gasteiger partial charge on any atom is -0.488 e. The maximum atomic E-state index is 6.07. The van der Waals surface area contributed by atoms with Gasteiger partial charge in [0.1, 0.15) is 5.52 Å². The third kappa shape index (κ3) is 2.64. The average Bonchev–Trinajstić information content (AvgIpc) is 2.35. The molecule has 0 saturated heterocycles. The van der Waals surface area contributed by atoms with Crippen LogP contribution in [0.1, 0.15) is 13.8 Å². The predicted molar refractivity (Wildman–Crippen MR) is 71.4 cm³/mol. The Morgan fingerprint density at radius 3 is 2.83 bits per heavy atom. The number of halogens is 1. The number of hydrogen-bond donors (Lipinski definition) is 0. The number of pyridine rings is 2. The van der Waals surface area contributed by atoms with Gasteiger partial charge < -0.3 is 9.47 Å². The minimum atomic E-state index is 0.428. The molecule has 0 aliphatic heterocycles. The van der Waals surface area contributed by atoms with E-state index in [1.165, 1.54) is 0 Å². The summed E-state index contributed by atoms with van der Waals surface area (Å²) >= 11 is 6.07. The quantitative estimate of drug-likeness (QED) is 0.851. The van der Waals surface area contributed by atoms with E-state index in [9.17, 15) is 0 Å². The lowest BCUT2D eigenvalue weighted by Crippen LogP contribution is -2.06. The van der Waals surface area contributed by atoms with E-state index >= 15 is 0 Å². The lowest BCUT2D eigenvalue weighted by atomic mass is 10.2. The van der Waals surface area contributed by atoms with E-state index in [2.05, 4.69) is 23.8 Å². The number of fused-ring (bicyclic) bond motifs is 1. The molecule has 2 rings (SSSR count). The molecule has 0 saturated carbocycles. The normalized spacial score (nSPS) is 10.9. The highest BCUT2D eigenvalue weighted by Crippen LogP contribution is 2.31. The Kier molecular flexibility index (Phi) is 3.87. The van der Waals surface area contributed by atoms with Crippen molar-refractivity contribution >= 4 is 22.6 Å². The summed E-state index contributed by atoms with van der Waals surface area (Å²) in [5.74, 6) is 1.45. The van der Waals surface area contributed by atoms with Crippen molar-refractivity contribution in [3.8, 4) is 11.6 Å². The van der Waals surface area contributed by atoms with Crippen molar-refractivity contribution in [1.29, 1.82) is 0 Å². The molecule has 0 aromatic carbocycles. The van der Waals surface area contributed by atoms with E-state index in [4.69, 9.17) is 21.1 Å². The molecule has 5 heteroatoms. The lowest BCUT2D eigenvalue weighted by molar-refractivity contribution is 0.254. The van der Waals surface area contributed by atoms with Crippen LogP contribution >= 0.6 is 11.6 Å². The molecule has 96 valence electrons. The Balaban J connectivity index is 2.46. The van der Waals surface area contributed by atoms with Crippen molar-refractivity contribution < 1.29 is 9.47 Å². The van der Waals surface area contributed by atoms with Crippen molar-refractivity contribution in [3.63, 3.8) is 0 Å². The molecule has 0 spiro atoms. The van der Waals surface area contributed by atoms with E-state index in [1.807, 2.05) is 0 Å². The van der Waals surface area contributed by atoms with Crippen LogP contribution in [-0.2, 0) is 0 Å². The Morgan fingerprint density at radius 1 is 1.39 bits per heavy atom. The van der Waals surface area contributed by atoms with Crippen molar-refractivity contribution in [2.75, 3.05) is 13.7 Å². The zero-order valence-corrected chi connectivity index (χ0v) is 11.4. The maximum absolute atomic E-state index is 6.07. The van der Waals surface area contributed by atoms with Gasteiger partial charge in [-0.1, -0.05) is 25.4 Å². The van der Waals surface area contributed by atoms with Crippen LogP contribution in [0.15, 0.2) is 18.3 Å². The van der Waals surface area contributed by atoms with Gasteiger partial charge in [0.15, 0.2) is 5.75 Å². The number of methoxy groups -OCH3 is 1. The first-order chi connectivity index (χ1) is 8.61. The lowest BCUT2D eigenvalue weighted by Gasteiger charge is -2.12. The monoisotopic (exact) mass is 266 g/mol. The maximum Gasteiger partial charge on any atom is 0.257 e. The van der Waals surface area contributed by atoms with Crippen LogP contribution < -0.4 is 9.47 Å². The van der Waals surface area contributed by atoms with Gasteiger partial charge in [0.25, 0.3) is 5.88 Å². The van der Waals surface area contributed by atoms with E-state index < -0.39 is 0 Å².